The fourth-order valence-corrected chi connectivity index (χ4v) is 3.89. The van der Waals surface area contributed by atoms with Crippen LogP contribution in [-0.4, -0.2) is 49.8 Å². The van der Waals surface area contributed by atoms with Crippen LogP contribution in [0.25, 0.3) is 0 Å². The van der Waals surface area contributed by atoms with Crippen LogP contribution < -0.4 is 10.1 Å². The molecule has 1 aliphatic heterocycles. The first kappa shape index (κ1) is 18.9. The predicted octanol–water partition coefficient (Wildman–Crippen LogP) is 3.34. The number of nitrogens with zero attached hydrogens (tertiary/aromatic N) is 1. The van der Waals surface area contributed by atoms with Gasteiger partial charge in [0, 0.05) is 30.1 Å². The summed E-state index contributed by atoms with van der Waals surface area (Å²) in [5, 5.41) is 5.17. The van der Waals surface area contributed by atoms with E-state index in [0.29, 0.717) is 12.1 Å². The molecule has 2 aromatic rings. The van der Waals surface area contributed by atoms with E-state index in [1.165, 1.54) is 4.88 Å². The van der Waals surface area contributed by atoms with Crippen LogP contribution >= 0.6 is 11.3 Å². The molecule has 0 spiro atoms. The topological polar surface area (TPSA) is 50.8 Å². The first-order chi connectivity index (χ1) is 12.6. The molecule has 1 fully saturated rings. The highest BCUT2D eigenvalue weighted by Crippen LogP contribution is 2.25. The van der Waals surface area contributed by atoms with Crippen molar-refractivity contribution in [1.82, 2.24) is 10.2 Å². The van der Waals surface area contributed by atoms with E-state index in [2.05, 4.69) is 27.7 Å². The van der Waals surface area contributed by atoms with Crippen LogP contribution in [-0.2, 0) is 4.74 Å². The van der Waals surface area contributed by atoms with Gasteiger partial charge < -0.3 is 14.8 Å². The Hall–Kier alpha value is -1.89. The summed E-state index contributed by atoms with van der Waals surface area (Å²) in [6, 6.07) is 11.7. The SMILES string of the molecule is CC(C)Oc1ccc(C(=O)NCC(c2cccs2)N2CCOCC2)cc1. The molecule has 1 amide bonds. The van der Waals surface area contributed by atoms with Crippen molar-refractivity contribution in [3.8, 4) is 5.75 Å². The molecule has 140 valence electrons. The molecule has 1 aromatic carbocycles. The van der Waals surface area contributed by atoms with E-state index in [1.54, 1.807) is 11.3 Å². The fourth-order valence-electron chi connectivity index (χ4n) is 3.03. The molecule has 1 N–H and O–H groups in total. The average molecular weight is 375 g/mol. The second-order valence-corrected chi connectivity index (χ2v) is 7.56. The van der Waals surface area contributed by atoms with Crippen molar-refractivity contribution in [2.75, 3.05) is 32.8 Å². The summed E-state index contributed by atoms with van der Waals surface area (Å²) in [7, 11) is 0. The van der Waals surface area contributed by atoms with Crippen molar-refractivity contribution in [1.29, 1.82) is 0 Å². The maximum Gasteiger partial charge on any atom is 0.251 e. The Morgan fingerprint density at radius 3 is 2.58 bits per heavy atom. The second-order valence-electron chi connectivity index (χ2n) is 6.58. The van der Waals surface area contributed by atoms with Gasteiger partial charge in [0.2, 0.25) is 0 Å². The molecule has 6 heteroatoms. The van der Waals surface area contributed by atoms with Gasteiger partial charge in [-0.15, -0.1) is 11.3 Å². The third-order valence-corrected chi connectivity index (χ3v) is 5.28. The van der Waals surface area contributed by atoms with Gasteiger partial charge in [-0.05, 0) is 49.6 Å². The Morgan fingerprint density at radius 2 is 1.96 bits per heavy atom. The quantitative estimate of drug-likeness (QED) is 0.808. The molecule has 0 saturated carbocycles. The zero-order valence-corrected chi connectivity index (χ0v) is 16.1. The van der Waals surface area contributed by atoms with Gasteiger partial charge in [-0.25, -0.2) is 0 Å². The third-order valence-electron chi connectivity index (χ3n) is 4.30. The van der Waals surface area contributed by atoms with Gasteiger partial charge in [-0.3, -0.25) is 9.69 Å². The highest BCUT2D eigenvalue weighted by molar-refractivity contribution is 7.10. The standard InChI is InChI=1S/C20H26N2O3S/c1-15(2)25-17-7-5-16(6-8-17)20(23)21-14-18(19-4-3-13-26-19)22-9-11-24-12-10-22/h3-8,13,15,18H,9-12,14H2,1-2H3,(H,21,23). The summed E-state index contributed by atoms with van der Waals surface area (Å²) >= 11 is 1.73. The van der Waals surface area contributed by atoms with E-state index in [-0.39, 0.29) is 18.1 Å². The number of carbonyl (C=O) groups excluding carboxylic acids is 1. The first-order valence-electron chi connectivity index (χ1n) is 9.03. The van der Waals surface area contributed by atoms with E-state index >= 15 is 0 Å². The third kappa shape index (κ3) is 5.06. The van der Waals surface area contributed by atoms with E-state index in [4.69, 9.17) is 9.47 Å². The average Bonchev–Trinajstić information content (AvgIpc) is 3.17. The van der Waals surface area contributed by atoms with Gasteiger partial charge in [0.15, 0.2) is 0 Å². The number of hydrogen-bond donors (Lipinski definition) is 1. The number of rotatable bonds is 7. The summed E-state index contributed by atoms with van der Waals surface area (Å²) in [6.45, 7) is 7.82. The summed E-state index contributed by atoms with van der Waals surface area (Å²) in [5.41, 5.74) is 0.646. The van der Waals surface area contributed by atoms with Crippen molar-refractivity contribution in [2.45, 2.75) is 26.0 Å². The van der Waals surface area contributed by atoms with Crippen LogP contribution in [0.2, 0.25) is 0 Å². The largest absolute Gasteiger partial charge is 0.491 e. The Morgan fingerprint density at radius 1 is 1.23 bits per heavy atom. The minimum atomic E-state index is -0.0593. The lowest BCUT2D eigenvalue weighted by atomic mass is 10.1. The van der Waals surface area contributed by atoms with Crippen LogP contribution in [0, 0.1) is 0 Å². The van der Waals surface area contributed by atoms with Crippen molar-refractivity contribution < 1.29 is 14.3 Å². The van der Waals surface area contributed by atoms with Crippen LogP contribution in [0.15, 0.2) is 41.8 Å². The van der Waals surface area contributed by atoms with Crippen LogP contribution in [0.1, 0.15) is 35.1 Å². The Kier molecular flexibility index (Phi) is 6.66. The molecular weight excluding hydrogens is 348 g/mol. The summed E-state index contributed by atoms with van der Waals surface area (Å²) in [6.07, 6.45) is 0.120. The lowest BCUT2D eigenvalue weighted by molar-refractivity contribution is 0.0169. The van der Waals surface area contributed by atoms with Gasteiger partial charge in [0.25, 0.3) is 5.91 Å². The number of nitrogens with one attached hydrogen (secondary N) is 1. The van der Waals surface area contributed by atoms with E-state index in [1.807, 2.05) is 38.1 Å². The molecule has 1 atom stereocenters. The molecule has 0 aliphatic carbocycles. The smallest absolute Gasteiger partial charge is 0.251 e. The molecular formula is C20H26N2O3S. The molecule has 2 heterocycles. The highest BCUT2D eigenvalue weighted by atomic mass is 32.1. The molecule has 0 radical (unpaired) electrons. The molecule has 26 heavy (non-hydrogen) atoms. The first-order valence-corrected chi connectivity index (χ1v) is 9.91. The highest BCUT2D eigenvalue weighted by Gasteiger charge is 2.24. The summed E-state index contributed by atoms with van der Waals surface area (Å²) in [5.74, 6) is 0.720. The van der Waals surface area contributed by atoms with Gasteiger partial charge in [-0.1, -0.05) is 6.07 Å². The van der Waals surface area contributed by atoms with E-state index in [9.17, 15) is 4.79 Å². The molecule has 0 bridgehead atoms. The Bertz CT molecular complexity index is 680. The van der Waals surface area contributed by atoms with Crippen LogP contribution in [0.4, 0.5) is 0 Å². The summed E-state index contributed by atoms with van der Waals surface area (Å²) < 4.78 is 11.1. The summed E-state index contributed by atoms with van der Waals surface area (Å²) in [4.78, 5) is 16.2. The van der Waals surface area contributed by atoms with Crippen molar-refractivity contribution in [2.24, 2.45) is 0 Å². The minimum absolute atomic E-state index is 0.0593. The molecule has 1 saturated heterocycles. The van der Waals surface area contributed by atoms with Crippen molar-refractivity contribution in [3.63, 3.8) is 0 Å². The Labute approximate surface area is 158 Å². The number of hydrogen-bond acceptors (Lipinski definition) is 5. The number of benzene rings is 1. The van der Waals surface area contributed by atoms with Gasteiger partial charge in [0.05, 0.1) is 25.4 Å². The lowest BCUT2D eigenvalue weighted by Gasteiger charge is -2.34. The zero-order valence-electron chi connectivity index (χ0n) is 15.3. The Balaban J connectivity index is 1.62. The normalized spacial score (nSPS) is 16.4. The van der Waals surface area contributed by atoms with Crippen molar-refractivity contribution in [3.05, 3.63) is 52.2 Å². The van der Waals surface area contributed by atoms with Gasteiger partial charge in [-0.2, -0.15) is 0 Å². The van der Waals surface area contributed by atoms with E-state index in [0.717, 1.165) is 32.1 Å². The monoisotopic (exact) mass is 374 g/mol. The minimum Gasteiger partial charge on any atom is -0.491 e. The lowest BCUT2D eigenvalue weighted by Crippen LogP contribution is -2.43. The number of ether oxygens (including phenoxy) is 2. The number of morpholine rings is 1. The zero-order chi connectivity index (χ0) is 18.4. The second kappa shape index (κ2) is 9.16. The number of carbonyl (C=O) groups is 1. The van der Waals surface area contributed by atoms with Crippen molar-refractivity contribution >= 4 is 17.2 Å². The maximum absolute atomic E-state index is 12.5. The molecule has 3 rings (SSSR count). The molecule has 1 aromatic heterocycles. The number of thiophene rings is 1. The van der Waals surface area contributed by atoms with Gasteiger partial charge in [0.1, 0.15) is 5.75 Å². The molecule has 1 unspecified atom stereocenters. The van der Waals surface area contributed by atoms with Crippen LogP contribution in [0.3, 0.4) is 0 Å². The fraction of sp³-hybridized carbons (Fsp3) is 0.450. The maximum atomic E-state index is 12.5. The predicted molar refractivity (Wildman–Crippen MR) is 104 cm³/mol. The van der Waals surface area contributed by atoms with E-state index < -0.39 is 0 Å². The van der Waals surface area contributed by atoms with Gasteiger partial charge >= 0.3 is 0 Å². The number of amides is 1. The molecule has 1 aliphatic rings. The molecule has 5 nitrogen and oxygen atoms in total. The van der Waals surface area contributed by atoms with Crippen LogP contribution in [0.5, 0.6) is 5.75 Å².